The van der Waals surface area contributed by atoms with E-state index in [2.05, 4.69) is 9.97 Å². The molecule has 0 aliphatic carbocycles. The van der Waals surface area contributed by atoms with Gasteiger partial charge in [0, 0.05) is 13.1 Å². The first-order valence-electron chi connectivity index (χ1n) is 7.78. The Morgan fingerprint density at radius 2 is 1.44 bits per heavy atom. The minimum Gasteiger partial charge on any atom is -0.368 e. The van der Waals surface area contributed by atoms with Gasteiger partial charge in [0.2, 0.25) is 5.95 Å². The van der Waals surface area contributed by atoms with Crippen molar-refractivity contribution in [1.29, 1.82) is 0 Å². The minimum absolute atomic E-state index is 0.0386. The lowest BCUT2D eigenvalue weighted by Gasteiger charge is -2.25. The second-order valence-corrected chi connectivity index (χ2v) is 5.91. The summed E-state index contributed by atoms with van der Waals surface area (Å²) in [4.78, 5) is 21.7. The lowest BCUT2D eigenvalue weighted by molar-refractivity contribution is 0.112. The van der Waals surface area contributed by atoms with E-state index in [-0.39, 0.29) is 16.7 Å². The highest BCUT2D eigenvalue weighted by Gasteiger charge is 2.18. The van der Waals surface area contributed by atoms with Crippen molar-refractivity contribution in [2.24, 2.45) is 0 Å². The Hall–Kier alpha value is -2.92. The van der Waals surface area contributed by atoms with Crippen LogP contribution in [0.15, 0.2) is 60.7 Å². The molecule has 5 nitrogen and oxygen atoms in total. The van der Waals surface area contributed by atoms with Gasteiger partial charge in [0.1, 0.15) is 11.0 Å². The van der Waals surface area contributed by atoms with Crippen molar-refractivity contribution in [2.75, 3.05) is 10.6 Å². The van der Waals surface area contributed by atoms with Crippen LogP contribution in [0, 0.1) is 0 Å². The van der Waals surface area contributed by atoms with Gasteiger partial charge in [0.25, 0.3) is 0 Å². The summed E-state index contributed by atoms with van der Waals surface area (Å²) < 4.78 is 0. The summed E-state index contributed by atoms with van der Waals surface area (Å²) in [5.74, 6) is 0.469. The van der Waals surface area contributed by atoms with Gasteiger partial charge in [-0.25, -0.2) is 4.98 Å². The van der Waals surface area contributed by atoms with Crippen LogP contribution in [0.1, 0.15) is 21.5 Å². The summed E-state index contributed by atoms with van der Waals surface area (Å²) in [5, 5.41) is 0.0589. The van der Waals surface area contributed by atoms with E-state index in [1.165, 1.54) is 0 Å². The molecule has 1 heterocycles. The van der Waals surface area contributed by atoms with Crippen LogP contribution in [-0.4, -0.2) is 16.3 Å². The molecule has 0 saturated heterocycles. The van der Waals surface area contributed by atoms with Gasteiger partial charge in [-0.2, -0.15) is 4.98 Å². The molecule has 1 aromatic heterocycles. The Morgan fingerprint density at radius 3 is 1.92 bits per heavy atom. The molecule has 6 heteroatoms. The quantitative estimate of drug-likeness (QED) is 0.540. The lowest BCUT2D eigenvalue weighted by Crippen LogP contribution is -2.25. The molecule has 2 aromatic carbocycles. The number of rotatable bonds is 6. The number of halogens is 1. The number of nitrogen functional groups attached to an aromatic ring is 1. The highest BCUT2D eigenvalue weighted by molar-refractivity contribution is 6.32. The van der Waals surface area contributed by atoms with E-state index >= 15 is 0 Å². The van der Waals surface area contributed by atoms with Gasteiger partial charge < -0.3 is 10.6 Å². The van der Waals surface area contributed by atoms with Crippen LogP contribution in [0.25, 0.3) is 0 Å². The molecule has 0 atom stereocenters. The molecule has 0 aliphatic rings. The average molecular weight is 353 g/mol. The maximum atomic E-state index is 11.5. The number of hydrogen-bond donors (Lipinski definition) is 1. The SMILES string of the molecule is Nc1nc(Cl)c(C=O)c(N(Cc2ccccc2)Cc2ccccc2)n1. The first kappa shape index (κ1) is 16.9. The van der Waals surface area contributed by atoms with Gasteiger partial charge in [-0.05, 0) is 11.1 Å². The standard InChI is InChI=1S/C19H17ClN4O/c20-17-16(13-25)18(23-19(21)22-17)24(11-14-7-3-1-4-8-14)12-15-9-5-2-6-10-15/h1-10,13H,11-12H2,(H2,21,22,23). The third-order valence-corrected chi connectivity index (χ3v) is 4.03. The highest BCUT2D eigenvalue weighted by atomic mass is 35.5. The van der Waals surface area contributed by atoms with Gasteiger partial charge in [0.05, 0.1) is 5.56 Å². The van der Waals surface area contributed by atoms with Gasteiger partial charge in [-0.15, -0.1) is 0 Å². The molecule has 0 spiro atoms. The summed E-state index contributed by atoms with van der Waals surface area (Å²) in [7, 11) is 0. The Kier molecular flexibility index (Phi) is 5.26. The van der Waals surface area contributed by atoms with Crippen LogP contribution in [0.3, 0.4) is 0 Å². The van der Waals surface area contributed by atoms with E-state index in [4.69, 9.17) is 17.3 Å². The number of nitrogens with two attached hydrogens (primary N) is 1. The summed E-state index contributed by atoms with van der Waals surface area (Å²) in [6.07, 6.45) is 0.667. The van der Waals surface area contributed by atoms with Crippen LogP contribution in [-0.2, 0) is 13.1 Å². The number of nitrogens with zero attached hydrogens (tertiary/aromatic N) is 3. The Morgan fingerprint density at radius 1 is 0.920 bits per heavy atom. The van der Waals surface area contributed by atoms with Crippen LogP contribution in [0.4, 0.5) is 11.8 Å². The van der Waals surface area contributed by atoms with Gasteiger partial charge >= 0.3 is 0 Å². The van der Waals surface area contributed by atoms with Crippen molar-refractivity contribution in [3.63, 3.8) is 0 Å². The molecule has 0 fully saturated rings. The topological polar surface area (TPSA) is 72.1 Å². The fourth-order valence-corrected chi connectivity index (χ4v) is 2.82. The molecule has 3 aromatic rings. The zero-order valence-electron chi connectivity index (χ0n) is 13.5. The predicted octanol–water partition coefficient (Wildman–Crippen LogP) is 3.73. The van der Waals surface area contributed by atoms with E-state index in [0.29, 0.717) is 25.2 Å². The van der Waals surface area contributed by atoms with Gasteiger partial charge in [-0.3, -0.25) is 4.79 Å². The van der Waals surface area contributed by atoms with Crippen molar-refractivity contribution < 1.29 is 4.79 Å². The Labute approximate surface area is 151 Å². The molecule has 126 valence electrons. The number of carbonyl (C=O) groups is 1. The molecule has 0 unspecified atom stereocenters. The zero-order chi connectivity index (χ0) is 17.6. The second-order valence-electron chi connectivity index (χ2n) is 5.56. The summed E-state index contributed by atoms with van der Waals surface area (Å²) in [6.45, 7) is 1.12. The average Bonchev–Trinajstić information content (AvgIpc) is 2.62. The maximum Gasteiger partial charge on any atom is 0.223 e. The zero-order valence-corrected chi connectivity index (χ0v) is 14.2. The molecule has 25 heavy (non-hydrogen) atoms. The summed E-state index contributed by atoms with van der Waals surface area (Å²) in [5.41, 5.74) is 8.17. The Balaban J connectivity index is 2.03. The molecule has 0 amide bonds. The normalized spacial score (nSPS) is 10.4. The molecule has 2 N–H and O–H groups in total. The predicted molar refractivity (Wildman–Crippen MR) is 99.6 cm³/mol. The van der Waals surface area contributed by atoms with Crippen molar-refractivity contribution in [3.05, 3.63) is 82.5 Å². The molecule has 3 rings (SSSR count). The van der Waals surface area contributed by atoms with Crippen LogP contribution >= 0.6 is 11.6 Å². The van der Waals surface area contributed by atoms with Crippen molar-refractivity contribution >= 4 is 29.7 Å². The lowest BCUT2D eigenvalue weighted by atomic mass is 10.1. The Bertz CT molecular complexity index is 815. The third kappa shape index (κ3) is 4.14. The fourth-order valence-electron chi connectivity index (χ4n) is 2.60. The smallest absolute Gasteiger partial charge is 0.223 e. The van der Waals surface area contributed by atoms with Crippen LogP contribution < -0.4 is 10.6 Å². The third-order valence-electron chi connectivity index (χ3n) is 3.75. The number of aldehydes is 1. The minimum atomic E-state index is 0.0386. The molecular formula is C19H17ClN4O. The van der Waals surface area contributed by atoms with Crippen LogP contribution in [0.5, 0.6) is 0 Å². The number of carbonyl (C=O) groups excluding carboxylic acids is 1. The van der Waals surface area contributed by atoms with E-state index in [0.717, 1.165) is 11.1 Å². The molecule has 0 bridgehead atoms. The van der Waals surface area contributed by atoms with Gasteiger partial charge in [0.15, 0.2) is 6.29 Å². The largest absolute Gasteiger partial charge is 0.368 e. The highest BCUT2D eigenvalue weighted by Crippen LogP contribution is 2.26. The number of benzene rings is 2. The number of aromatic nitrogens is 2. The number of hydrogen-bond acceptors (Lipinski definition) is 5. The monoisotopic (exact) mass is 352 g/mol. The molecule has 0 aliphatic heterocycles. The molecule has 0 radical (unpaired) electrons. The molecule has 0 saturated carbocycles. The van der Waals surface area contributed by atoms with Crippen molar-refractivity contribution in [2.45, 2.75) is 13.1 Å². The fraction of sp³-hybridized carbons (Fsp3) is 0.105. The summed E-state index contributed by atoms with van der Waals surface area (Å²) >= 11 is 6.10. The van der Waals surface area contributed by atoms with Crippen molar-refractivity contribution in [3.8, 4) is 0 Å². The van der Waals surface area contributed by atoms with E-state index in [9.17, 15) is 4.79 Å². The first-order valence-corrected chi connectivity index (χ1v) is 8.16. The van der Waals surface area contributed by atoms with E-state index in [1.54, 1.807) is 0 Å². The molecular weight excluding hydrogens is 336 g/mol. The van der Waals surface area contributed by atoms with E-state index in [1.807, 2.05) is 65.6 Å². The number of anilines is 2. The second kappa shape index (κ2) is 7.77. The maximum absolute atomic E-state index is 11.5. The van der Waals surface area contributed by atoms with Crippen LogP contribution in [0.2, 0.25) is 5.15 Å². The van der Waals surface area contributed by atoms with Crippen molar-refractivity contribution in [1.82, 2.24) is 9.97 Å². The van der Waals surface area contributed by atoms with Gasteiger partial charge in [-0.1, -0.05) is 72.3 Å². The van der Waals surface area contributed by atoms with E-state index < -0.39 is 0 Å². The first-order chi connectivity index (χ1) is 12.2. The summed E-state index contributed by atoms with van der Waals surface area (Å²) in [6, 6.07) is 19.9.